The number of hydrogen-bond donors (Lipinski definition) is 3. The minimum absolute atomic E-state index is 0.101. The maximum absolute atomic E-state index is 10.9. The molecule has 0 aromatic heterocycles. The molecule has 0 aromatic carbocycles. The van der Waals surface area contributed by atoms with Gasteiger partial charge in [-0.15, -0.1) is 0 Å². The third-order valence-electron chi connectivity index (χ3n) is 2.22. The molecule has 1 aliphatic rings. The number of ether oxygens (including phenoxy) is 2. The van der Waals surface area contributed by atoms with Crippen LogP contribution < -0.4 is 0 Å². The summed E-state index contributed by atoms with van der Waals surface area (Å²) in [5.74, 6) is -1.66. The lowest BCUT2D eigenvalue weighted by Crippen LogP contribution is -2.44. The number of aliphatic hydroxyl groups is 3. The highest BCUT2D eigenvalue weighted by Gasteiger charge is 2.40. The van der Waals surface area contributed by atoms with Crippen LogP contribution in [0.25, 0.3) is 0 Å². The molecule has 0 radical (unpaired) electrons. The zero-order chi connectivity index (χ0) is 11.6. The number of aliphatic hydroxyl groups excluding tert-OH is 3. The Morgan fingerprint density at radius 2 is 2.13 bits per heavy atom. The molecule has 15 heavy (non-hydrogen) atoms. The maximum Gasteiger partial charge on any atom is 0.189 e. The number of ketones is 1. The van der Waals surface area contributed by atoms with E-state index in [-0.39, 0.29) is 6.61 Å². The SMILES string of the molecule is CC1(C)OC[C@H](C(O)C(O)C(=O)CO)O1. The number of rotatable bonds is 4. The molecule has 6 nitrogen and oxygen atoms in total. The topological polar surface area (TPSA) is 96.2 Å². The normalized spacial score (nSPS) is 28.7. The van der Waals surface area contributed by atoms with Crippen molar-refractivity contribution in [2.24, 2.45) is 0 Å². The van der Waals surface area contributed by atoms with E-state index in [2.05, 4.69) is 0 Å². The van der Waals surface area contributed by atoms with Gasteiger partial charge in [-0.1, -0.05) is 0 Å². The van der Waals surface area contributed by atoms with Crippen molar-refractivity contribution < 1.29 is 29.6 Å². The summed E-state index contributed by atoms with van der Waals surface area (Å²) in [6.45, 7) is 2.62. The van der Waals surface area contributed by atoms with Crippen LogP contribution in [0.2, 0.25) is 0 Å². The standard InChI is InChI=1S/C9H16O6/c1-9(2)14-4-6(15-9)8(13)7(12)5(11)3-10/h6-8,10,12-13H,3-4H2,1-2H3/t6-,7?,8?/m1/s1. The Balaban J connectivity index is 2.55. The van der Waals surface area contributed by atoms with Gasteiger partial charge in [0, 0.05) is 0 Å². The molecule has 6 heteroatoms. The summed E-state index contributed by atoms with van der Waals surface area (Å²) in [6.07, 6.45) is -3.78. The Hall–Kier alpha value is -0.530. The Labute approximate surface area is 87.4 Å². The van der Waals surface area contributed by atoms with E-state index in [1.165, 1.54) is 0 Å². The van der Waals surface area contributed by atoms with Crippen molar-refractivity contribution in [2.75, 3.05) is 13.2 Å². The van der Waals surface area contributed by atoms with E-state index in [9.17, 15) is 15.0 Å². The fourth-order valence-corrected chi connectivity index (χ4v) is 1.37. The van der Waals surface area contributed by atoms with Crippen LogP contribution in [-0.4, -0.2) is 58.4 Å². The smallest absolute Gasteiger partial charge is 0.189 e. The summed E-state index contributed by atoms with van der Waals surface area (Å²) in [6, 6.07) is 0. The lowest BCUT2D eigenvalue weighted by atomic mass is 10.1. The molecule has 3 atom stereocenters. The van der Waals surface area contributed by atoms with Gasteiger partial charge in [-0.05, 0) is 13.8 Å². The average molecular weight is 220 g/mol. The van der Waals surface area contributed by atoms with Crippen molar-refractivity contribution >= 4 is 5.78 Å². The molecule has 0 amide bonds. The van der Waals surface area contributed by atoms with Crippen LogP contribution >= 0.6 is 0 Å². The number of carbonyl (C=O) groups excluding carboxylic acids is 1. The fraction of sp³-hybridized carbons (Fsp3) is 0.889. The second-order valence-corrected chi connectivity index (χ2v) is 3.93. The van der Waals surface area contributed by atoms with Crippen molar-refractivity contribution in [3.63, 3.8) is 0 Å². The third kappa shape index (κ3) is 2.96. The van der Waals surface area contributed by atoms with E-state index in [1.807, 2.05) is 0 Å². The second kappa shape index (κ2) is 4.54. The molecule has 3 N–H and O–H groups in total. The molecule has 0 saturated carbocycles. The molecule has 1 saturated heterocycles. The van der Waals surface area contributed by atoms with Gasteiger partial charge in [-0.2, -0.15) is 0 Å². The van der Waals surface area contributed by atoms with Gasteiger partial charge < -0.3 is 24.8 Å². The summed E-state index contributed by atoms with van der Waals surface area (Å²) < 4.78 is 10.4. The summed E-state index contributed by atoms with van der Waals surface area (Å²) >= 11 is 0. The van der Waals surface area contributed by atoms with Gasteiger partial charge in [-0.25, -0.2) is 0 Å². The maximum atomic E-state index is 10.9. The first-order valence-electron chi connectivity index (χ1n) is 4.69. The second-order valence-electron chi connectivity index (χ2n) is 3.93. The summed E-state index contributed by atoms with van der Waals surface area (Å²) in [4.78, 5) is 10.9. The minimum Gasteiger partial charge on any atom is -0.388 e. The molecule has 0 aliphatic carbocycles. The van der Waals surface area contributed by atoms with E-state index in [0.29, 0.717) is 0 Å². The average Bonchev–Trinajstić information content (AvgIpc) is 2.55. The van der Waals surface area contributed by atoms with E-state index in [1.54, 1.807) is 13.8 Å². The minimum atomic E-state index is -1.64. The fourth-order valence-electron chi connectivity index (χ4n) is 1.37. The molecular weight excluding hydrogens is 204 g/mol. The molecule has 88 valence electrons. The Bertz CT molecular complexity index is 239. The highest BCUT2D eigenvalue weighted by molar-refractivity contribution is 5.84. The van der Waals surface area contributed by atoms with E-state index >= 15 is 0 Å². The molecule has 1 fully saturated rings. The van der Waals surface area contributed by atoms with Crippen LogP contribution in [0.3, 0.4) is 0 Å². The number of carbonyl (C=O) groups is 1. The largest absolute Gasteiger partial charge is 0.388 e. The van der Waals surface area contributed by atoms with E-state index in [4.69, 9.17) is 14.6 Å². The number of hydrogen-bond acceptors (Lipinski definition) is 6. The molecular formula is C9H16O6. The molecule has 2 unspecified atom stereocenters. The highest BCUT2D eigenvalue weighted by Crippen LogP contribution is 2.25. The van der Waals surface area contributed by atoms with Crippen molar-refractivity contribution in [1.29, 1.82) is 0 Å². The first-order chi connectivity index (χ1) is 6.87. The van der Waals surface area contributed by atoms with Crippen molar-refractivity contribution in [2.45, 2.75) is 37.9 Å². The Kier molecular flexibility index (Phi) is 3.80. The van der Waals surface area contributed by atoms with Crippen LogP contribution in [0.5, 0.6) is 0 Å². The highest BCUT2D eigenvalue weighted by atomic mass is 16.7. The predicted octanol–water partition coefficient (Wildman–Crippen LogP) is -1.58. The van der Waals surface area contributed by atoms with Crippen molar-refractivity contribution in [1.82, 2.24) is 0 Å². The zero-order valence-corrected chi connectivity index (χ0v) is 8.71. The summed E-state index contributed by atoms with van der Waals surface area (Å²) in [7, 11) is 0. The van der Waals surface area contributed by atoms with Gasteiger partial charge in [-0.3, -0.25) is 4.79 Å². The molecule has 1 rings (SSSR count). The van der Waals surface area contributed by atoms with Crippen LogP contribution in [0.4, 0.5) is 0 Å². The van der Waals surface area contributed by atoms with Gasteiger partial charge in [0.05, 0.1) is 6.61 Å². The Morgan fingerprint density at radius 1 is 1.53 bits per heavy atom. The van der Waals surface area contributed by atoms with Crippen LogP contribution in [0.1, 0.15) is 13.8 Å². The summed E-state index contributed by atoms with van der Waals surface area (Å²) in [5, 5.41) is 27.4. The quantitative estimate of drug-likeness (QED) is 0.529. The monoisotopic (exact) mass is 220 g/mol. The molecule has 1 aliphatic heterocycles. The number of Topliss-reactive ketones (excluding diaryl/α,β-unsaturated/α-hetero) is 1. The lowest BCUT2D eigenvalue weighted by Gasteiger charge is -2.22. The van der Waals surface area contributed by atoms with Crippen LogP contribution in [-0.2, 0) is 14.3 Å². The molecule has 0 spiro atoms. The van der Waals surface area contributed by atoms with Gasteiger partial charge in [0.2, 0.25) is 0 Å². The van der Waals surface area contributed by atoms with Gasteiger partial charge in [0.15, 0.2) is 11.6 Å². The van der Waals surface area contributed by atoms with Crippen LogP contribution in [0, 0.1) is 0 Å². The Morgan fingerprint density at radius 3 is 2.53 bits per heavy atom. The molecule has 0 aromatic rings. The molecule has 1 heterocycles. The van der Waals surface area contributed by atoms with Crippen molar-refractivity contribution in [3.05, 3.63) is 0 Å². The van der Waals surface area contributed by atoms with E-state index < -0.39 is 36.5 Å². The molecule has 0 bridgehead atoms. The first-order valence-corrected chi connectivity index (χ1v) is 4.69. The first kappa shape index (κ1) is 12.5. The van der Waals surface area contributed by atoms with Gasteiger partial charge in [0.1, 0.15) is 24.9 Å². The van der Waals surface area contributed by atoms with Gasteiger partial charge >= 0.3 is 0 Å². The van der Waals surface area contributed by atoms with E-state index in [0.717, 1.165) is 0 Å². The van der Waals surface area contributed by atoms with Gasteiger partial charge in [0.25, 0.3) is 0 Å². The summed E-state index contributed by atoms with van der Waals surface area (Å²) in [5.41, 5.74) is 0. The lowest BCUT2D eigenvalue weighted by molar-refractivity contribution is -0.165. The predicted molar refractivity (Wildman–Crippen MR) is 49.0 cm³/mol. The van der Waals surface area contributed by atoms with Crippen molar-refractivity contribution in [3.8, 4) is 0 Å². The van der Waals surface area contributed by atoms with Crippen LogP contribution in [0.15, 0.2) is 0 Å². The zero-order valence-electron chi connectivity index (χ0n) is 8.71. The third-order valence-corrected chi connectivity index (χ3v) is 2.22.